The predicted octanol–water partition coefficient (Wildman–Crippen LogP) is 3.43. The van der Waals surface area contributed by atoms with Gasteiger partial charge in [-0.1, -0.05) is 40.5 Å². The van der Waals surface area contributed by atoms with E-state index in [-0.39, 0.29) is 19.5 Å². The third-order valence-electron chi connectivity index (χ3n) is 2.80. The number of hydrogen-bond donors (Lipinski definition) is 0. The molecule has 1 nitrogen and oxygen atoms in total. The Balaban J connectivity index is 0.00000112. The largest absolute Gasteiger partial charge is 0.299 e. The zero-order chi connectivity index (χ0) is 9.80. The summed E-state index contributed by atoms with van der Waals surface area (Å²) in [6, 6.07) is 8.52. The van der Waals surface area contributed by atoms with Crippen LogP contribution >= 0.6 is 15.9 Å². The van der Waals surface area contributed by atoms with Crippen LogP contribution in [-0.2, 0) is 26.0 Å². The van der Waals surface area contributed by atoms with Crippen molar-refractivity contribution in [1.29, 1.82) is 0 Å². The Morgan fingerprint density at radius 3 is 2.40 bits per heavy atom. The maximum atomic E-state index is 3.60. The Hall–Kier alpha value is 0.283. The van der Waals surface area contributed by atoms with Crippen molar-refractivity contribution in [3.05, 3.63) is 34.3 Å². The zero-order valence-corrected chi connectivity index (χ0v) is 13.6. The maximum absolute atomic E-state index is 3.60. The molecule has 0 amide bonds. The fraction of sp³-hybridized carbons (Fsp3) is 0.500. The van der Waals surface area contributed by atoms with Crippen molar-refractivity contribution < 1.29 is 19.5 Å². The Morgan fingerprint density at radius 1 is 1.07 bits per heavy atom. The van der Waals surface area contributed by atoms with Crippen LogP contribution in [0.3, 0.4) is 0 Å². The second-order valence-electron chi connectivity index (χ2n) is 3.93. The molecule has 15 heavy (non-hydrogen) atoms. The fourth-order valence-electron chi connectivity index (χ4n) is 1.99. The second kappa shape index (κ2) is 6.78. The molecule has 0 aromatic heterocycles. The van der Waals surface area contributed by atoms with E-state index in [1.807, 2.05) is 0 Å². The number of benzene rings is 1. The number of nitrogens with zero attached hydrogens (tertiary/aromatic N) is 1. The Morgan fingerprint density at radius 2 is 1.73 bits per heavy atom. The van der Waals surface area contributed by atoms with Crippen LogP contribution in [0.5, 0.6) is 0 Å². The smallest absolute Gasteiger partial charge is 0.0244 e. The molecule has 0 N–H and O–H groups in total. The van der Waals surface area contributed by atoms with E-state index in [2.05, 4.69) is 45.1 Å². The van der Waals surface area contributed by atoms with Gasteiger partial charge in [-0.15, -0.1) is 0 Å². The summed E-state index contributed by atoms with van der Waals surface area (Å²) in [5.41, 5.74) is 1.41. The maximum Gasteiger partial charge on any atom is 0.0244 e. The summed E-state index contributed by atoms with van der Waals surface area (Å²) in [6.07, 6.45) is 4.14. The minimum atomic E-state index is 0. The van der Waals surface area contributed by atoms with Crippen molar-refractivity contribution in [1.82, 2.24) is 4.90 Å². The summed E-state index contributed by atoms with van der Waals surface area (Å²) in [5.74, 6) is 0. The van der Waals surface area contributed by atoms with Gasteiger partial charge in [0, 0.05) is 30.5 Å². The Kier molecular flexibility index (Phi) is 6.03. The number of halogens is 1. The first-order chi connectivity index (χ1) is 6.86. The monoisotopic (exact) mass is 317 g/mol. The summed E-state index contributed by atoms with van der Waals surface area (Å²) in [6.45, 7) is 3.63. The van der Waals surface area contributed by atoms with Crippen molar-refractivity contribution in [3.8, 4) is 0 Å². The first-order valence-corrected chi connectivity index (χ1v) is 6.11. The molecule has 1 aromatic carbocycles. The molecule has 3 heteroatoms. The number of likely N-dealkylation sites (tertiary alicyclic amines) is 1. The average Bonchev–Trinajstić information content (AvgIpc) is 2.23. The van der Waals surface area contributed by atoms with Crippen LogP contribution in [0, 0.1) is 0 Å². The molecule has 1 aliphatic rings. The Labute approximate surface area is 113 Å². The van der Waals surface area contributed by atoms with Gasteiger partial charge in [0.25, 0.3) is 0 Å². The van der Waals surface area contributed by atoms with Crippen molar-refractivity contribution >= 4 is 15.9 Å². The number of rotatable bonds is 2. The normalized spacial score (nSPS) is 17.1. The van der Waals surface area contributed by atoms with Crippen LogP contribution in [0.25, 0.3) is 0 Å². The zero-order valence-electron chi connectivity index (χ0n) is 9.08. The molecule has 0 atom stereocenters. The van der Waals surface area contributed by atoms with Gasteiger partial charge in [0.1, 0.15) is 0 Å². The van der Waals surface area contributed by atoms with E-state index in [1.165, 1.54) is 42.4 Å². The standard InChI is InChI=1S/C12H16BrN.Zn/c13-12-7-3-2-6-11(12)10-14-8-4-1-5-9-14;/h2-3,6-7H,1,4-5,8-10H2;. The van der Waals surface area contributed by atoms with Crippen LogP contribution in [0.4, 0.5) is 0 Å². The van der Waals surface area contributed by atoms with Gasteiger partial charge >= 0.3 is 0 Å². The molecule has 0 bridgehead atoms. The number of piperidine rings is 1. The van der Waals surface area contributed by atoms with Gasteiger partial charge < -0.3 is 0 Å². The predicted molar refractivity (Wildman–Crippen MR) is 63.3 cm³/mol. The molecule has 0 spiro atoms. The summed E-state index contributed by atoms with van der Waals surface area (Å²) < 4.78 is 1.24. The van der Waals surface area contributed by atoms with Crippen molar-refractivity contribution in [3.63, 3.8) is 0 Å². The topological polar surface area (TPSA) is 3.24 Å². The van der Waals surface area contributed by atoms with E-state index in [1.54, 1.807) is 0 Å². The van der Waals surface area contributed by atoms with Gasteiger partial charge in [-0.05, 0) is 37.6 Å². The summed E-state index contributed by atoms with van der Waals surface area (Å²) in [5, 5.41) is 0. The van der Waals surface area contributed by atoms with E-state index in [4.69, 9.17) is 0 Å². The average molecular weight is 320 g/mol. The van der Waals surface area contributed by atoms with E-state index >= 15 is 0 Å². The van der Waals surface area contributed by atoms with Crippen molar-refractivity contribution in [2.75, 3.05) is 13.1 Å². The van der Waals surface area contributed by atoms with Crippen LogP contribution < -0.4 is 0 Å². The van der Waals surface area contributed by atoms with Gasteiger partial charge in [0.15, 0.2) is 0 Å². The summed E-state index contributed by atoms with van der Waals surface area (Å²) in [7, 11) is 0. The molecule has 1 saturated heterocycles. The van der Waals surface area contributed by atoms with Gasteiger partial charge in [0.2, 0.25) is 0 Å². The van der Waals surface area contributed by atoms with Crippen LogP contribution in [0.2, 0.25) is 0 Å². The molecule has 1 aromatic rings. The third kappa shape index (κ3) is 3.98. The van der Waals surface area contributed by atoms with Crippen molar-refractivity contribution in [2.45, 2.75) is 25.8 Å². The Bertz CT molecular complexity index is 297. The SMILES string of the molecule is Brc1ccccc1CN1CCCCC1.[Zn]. The minimum absolute atomic E-state index is 0. The van der Waals surface area contributed by atoms with E-state index < -0.39 is 0 Å². The molecule has 0 saturated carbocycles. The molecule has 2 rings (SSSR count). The quantitative estimate of drug-likeness (QED) is 0.755. The molecule has 0 aliphatic carbocycles. The number of hydrogen-bond acceptors (Lipinski definition) is 1. The molecular formula is C12H16BrNZn. The van der Waals surface area contributed by atoms with E-state index in [9.17, 15) is 0 Å². The molecule has 1 fully saturated rings. The van der Waals surface area contributed by atoms with Crippen LogP contribution in [0.15, 0.2) is 28.7 Å². The molecule has 0 unspecified atom stereocenters. The van der Waals surface area contributed by atoms with Gasteiger partial charge in [-0.25, -0.2) is 0 Å². The molecule has 0 radical (unpaired) electrons. The molecule has 1 heterocycles. The van der Waals surface area contributed by atoms with Gasteiger partial charge in [0.05, 0.1) is 0 Å². The van der Waals surface area contributed by atoms with Gasteiger partial charge in [-0.2, -0.15) is 0 Å². The van der Waals surface area contributed by atoms with E-state index in [0.29, 0.717) is 0 Å². The minimum Gasteiger partial charge on any atom is -0.299 e. The summed E-state index contributed by atoms with van der Waals surface area (Å²) >= 11 is 3.60. The molecular weight excluding hydrogens is 303 g/mol. The molecule has 78 valence electrons. The van der Waals surface area contributed by atoms with E-state index in [0.717, 1.165) is 6.54 Å². The second-order valence-corrected chi connectivity index (χ2v) is 4.78. The van der Waals surface area contributed by atoms with Gasteiger partial charge in [-0.3, -0.25) is 4.90 Å². The van der Waals surface area contributed by atoms with Crippen LogP contribution in [-0.4, -0.2) is 18.0 Å². The van der Waals surface area contributed by atoms with Crippen LogP contribution in [0.1, 0.15) is 24.8 Å². The first kappa shape index (κ1) is 13.3. The molecule has 1 aliphatic heterocycles. The van der Waals surface area contributed by atoms with Crippen molar-refractivity contribution in [2.24, 2.45) is 0 Å². The summed E-state index contributed by atoms with van der Waals surface area (Å²) in [4.78, 5) is 2.55. The first-order valence-electron chi connectivity index (χ1n) is 5.32. The fourth-order valence-corrected chi connectivity index (χ4v) is 2.40. The third-order valence-corrected chi connectivity index (χ3v) is 3.57.